The number of aliphatic hydroxyl groups is 1. The molecule has 0 aliphatic heterocycles. The lowest BCUT2D eigenvalue weighted by atomic mass is 10.1. The van der Waals surface area contributed by atoms with Gasteiger partial charge in [-0.15, -0.1) is 0 Å². The highest BCUT2D eigenvalue weighted by molar-refractivity contribution is 5.36. The number of rotatable bonds is 4. The summed E-state index contributed by atoms with van der Waals surface area (Å²) in [6, 6.07) is 1.62. The Hall–Kier alpha value is -1.47. The zero-order valence-corrected chi connectivity index (χ0v) is 10.1. The van der Waals surface area contributed by atoms with Gasteiger partial charge in [0.1, 0.15) is 6.10 Å². The molecule has 0 amide bonds. The topological polar surface area (TPSA) is 20.2 Å². The van der Waals surface area contributed by atoms with Gasteiger partial charge in [0, 0.05) is 5.56 Å². The van der Waals surface area contributed by atoms with Gasteiger partial charge in [-0.2, -0.15) is 0 Å². The molecule has 0 bridgehead atoms. The molecule has 0 fully saturated rings. The first kappa shape index (κ1) is 14.6. The molecule has 18 heavy (non-hydrogen) atoms. The minimum atomic E-state index is -1.51. The van der Waals surface area contributed by atoms with E-state index < -0.39 is 23.6 Å². The van der Waals surface area contributed by atoms with Crippen molar-refractivity contribution in [2.75, 3.05) is 0 Å². The average Bonchev–Trinajstić information content (AvgIpc) is 2.33. The van der Waals surface area contributed by atoms with Gasteiger partial charge in [0.2, 0.25) is 0 Å². The smallest absolute Gasteiger partial charge is 0.194 e. The largest absolute Gasteiger partial charge is 0.380 e. The van der Waals surface area contributed by atoms with E-state index in [1.165, 1.54) is 0 Å². The van der Waals surface area contributed by atoms with Crippen LogP contribution in [0.4, 0.5) is 13.2 Å². The second kappa shape index (κ2) is 7.07. The molecular formula is C14H15F3O. The van der Waals surface area contributed by atoms with E-state index in [9.17, 15) is 18.3 Å². The molecule has 0 heterocycles. The van der Waals surface area contributed by atoms with E-state index in [1.807, 2.05) is 6.92 Å². The van der Waals surface area contributed by atoms with Gasteiger partial charge in [-0.1, -0.05) is 31.6 Å². The van der Waals surface area contributed by atoms with Gasteiger partial charge in [0.25, 0.3) is 0 Å². The predicted molar refractivity (Wildman–Crippen MR) is 63.3 cm³/mol. The Bertz CT molecular complexity index is 437. The van der Waals surface area contributed by atoms with Crippen LogP contribution in [-0.4, -0.2) is 11.2 Å². The van der Waals surface area contributed by atoms with Gasteiger partial charge < -0.3 is 5.11 Å². The fourth-order valence-electron chi connectivity index (χ4n) is 1.45. The highest BCUT2D eigenvalue weighted by Crippen LogP contribution is 2.12. The van der Waals surface area contributed by atoms with Gasteiger partial charge in [-0.05, 0) is 25.0 Å². The van der Waals surface area contributed by atoms with Crippen molar-refractivity contribution >= 4 is 0 Å². The summed E-state index contributed by atoms with van der Waals surface area (Å²) in [5, 5.41) is 9.50. The Morgan fingerprint density at radius 3 is 2.33 bits per heavy atom. The summed E-state index contributed by atoms with van der Waals surface area (Å²) in [4.78, 5) is 0. The average molecular weight is 256 g/mol. The van der Waals surface area contributed by atoms with Crippen molar-refractivity contribution in [3.8, 4) is 11.8 Å². The van der Waals surface area contributed by atoms with E-state index in [2.05, 4.69) is 11.8 Å². The molecule has 1 aromatic rings. The monoisotopic (exact) mass is 256 g/mol. The maximum atomic E-state index is 12.9. The van der Waals surface area contributed by atoms with Gasteiger partial charge in [-0.3, -0.25) is 0 Å². The molecule has 0 saturated carbocycles. The van der Waals surface area contributed by atoms with E-state index in [0.29, 0.717) is 6.42 Å². The lowest BCUT2D eigenvalue weighted by Gasteiger charge is -2.01. The van der Waals surface area contributed by atoms with Gasteiger partial charge in [-0.25, -0.2) is 13.2 Å². The predicted octanol–water partition coefficient (Wildman–Crippen LogP) is 3.40. The standard InChI is InChI=1S/C14H15F3O/c1-2-3-4-5-11(18)7-6-10-8-12(15)14(17)13(16)9-10/h8-9,11,18H,2-5H2,1H3. The van der Waals surface area contributed by atoms with Crippen LogP contribution in [0.5, 0.6) is 0 Å². The van der Waals surface area contributed by atoms with Crippen molar-refractivity contribution in [3.05, 3.63) is 35.1 Å². The molecule has 1 rings (SSSR count). The zero-order valence-electron chi connectivity index (χ0n) is 10.1. The lowest BCUT2D eigenvalue weighted by molar-refractivity contribution is 0.217. The minimum absolute atomic E-state index is 0.0148. The molecule has 0 saturated heterocycles. The number of hydrogen-bond donors (Lipinski definition) is 1. The number of halogens is 3. The van der Waals surface area contributed by atoms with E-state index in [1.54, 1.807) is 0 Å². The summed E-state index contributed by atoms with van der Waals surface area (Å²) in [5.41, 5.74) is 0.0148. The first-order valence-corrected chi connectivity index (χ1v) is 5.88. The number of benzene rings is 1. The minimum Gasteiger partial charge on any atom is -0.380 e. The van der Waals surface area contributed by atoms with Crippen LogP contribution >= 0.6 is 0 Å². The molecule has 1 aromatic carbocycles. The maximum absolute atomic E-state index is 12.9. The summed E-state index contributed by atoms with van der Waals surface area (Å²) < 4.78 is 38.4. The van der Waals surface area contributed by atoms with Crippen LogP contribution in [0, 0.1) is 29.3 Å². The van der Waals surface area contributed by atoms with Crippen molar-refractivity contribution in [3.63, 3.8) is 0 Å². The molecular weight excluding hydrogens is 241 g/mol. The summed E-state index contributed by atoms with van der Waals surface area (Å²) in [6.45, 7) is 2.04. The number of hydrogen-bond acceptors (Lipinski definition) is 1. The molecule has 0 aliphatic rings. The third-order valence-corrected chi connectivity index (χ3v) is 2.45. The Kier molecular flexibility index (Phi) is 5.73. The Morgan fingerprint density at radius 1 is 1.17 bits per heavy atom. The Labute approximate surface area is 105 Å². The van der Waals surface area contributed by atoms with Crippen LogP contribution in [0.15, 0.2) is 12.1 Å². The molecule has 1 unspecified atom stereocenters. The summed E-state index contributed by atoms with van der Waals surface area (Å²) in [6.07, 6.45) is 2.58. The quantitative estimate of drug-likeness (QED) is 0.497. The third-order valence-electron chi connectivity index (χ3n) is 2.45. The Balaban J connectivity index is 2.67. The summed E-state index contributed by atoms with van der Waals surface area (Å²) >= 11 is 0. The fourth-order valence-corrected chi connectivity index (χ4v) is 1.45. The molecule has 98 valence electrons. The van der Waals surface area contributed by atoms with Crippen molar-refractivity contribution in [1.82, 2.24) is 0 Å². The van der Waals surface area contributed by atoms with Crippen LogP contribution in [0.25, 0.3) is 0 Å². The van der Waals surface area contributed by atoms with Crippen LogP contribution < -0.4 is 0 Å². The number of unbranched alkanes of at least 4 members (excludes halogenated alkanes) is 2. The first-order chi connectivity index (χ1) is 8.54. The van der Waals surface area contributed by atoms with E-state index in [4.69, 9.17) is 0 Å². The molecule has 0 aromatic heterocycles. The maximum Gasteiger partial charge on any atom is 0.194 e. The highest BCUT2D eigenvalue weighted by Gasteiger charge is 2.09. The second-order valence-corrected chi connectivity index (χ2v) is 4.03. The van der Waals surface area contributed by atoms with E-state index in [-0.39, 0.29) is 5.56 Å². The molecule has 0 aliphatic carbocycles. The zero-order chi connectivity index (χ0) is 13.5. The fraction of sp³-hybridized carbons (Fsp3) is 0.429. The van der Waals surface area contributed by atoms with Gasteiger partial charge >= 0.3 is 0 Å². The molecule has 1 nitrogen and oxygen atoms in total. The van der Waals surface area contributed by atoms with Crippen LogP contribution in [0.1, 0.15) is 38.2 Å². The van der Waals surface area contributed by atoms with E-state index in [0.717, 1.165) is 31.4 Å². The van der Waals surface area contributed by atoms with Crippen molar-refractivity contribution in [2.45, 2.75) is 38.7 Å². The third kappa shape index (κ3) is 4.42. The van der Waals surface area contributed by atoms with Crippen molar-refractivity contribution in [2.24, 2.45) is 0 Å². The SMILES string of the molecule is CCCCCC(O)C#Cc1cc(F)c(F)c(F)c1. The van der Waals surface area contributed by atoms with Crippen molar-refractivity contribution < 1.29 is 18.3 Å². The Morgan fingerprint density at radius 2 is 1.78 bits per heavy atom. The van der Waals surface area contributed by atoms with Crippen LogP contribution in [0.2, 0.25) is 0 Å². The molecule has 1 atom stereocenters. The highest BCUT2D eigenvalue weighted by atomic mass is 19.2. The first-order valence-electron chi connectivity index (χ1n) is 5.88. The van der Waals surface area contributed by atoms with Gasteiger partial charge in [0.15, 0.2) is 17.5 Å². The van der Waals surface area contributed by atoms with Gasteiger partial charge in [0.05, 0.1) is 0 Å². The van der Waals surface area contributed by atoms with Crippen LogP contribution in [-0.2, 0) is 0 Å². The molecule has 1 N–H and O–H groups in total. The van der Waals surface area contributed by atoms with Crippen molar-refractivity contribution in [1.29, 1.82) is 0 Å². The van der Waals surface area contributed by atoms with Crippen LogP contribution in [0.3, 0.4) is 0 Å². The normalized spacial score (nSPS) is 11.8. The molecule has 0 radical (unpaired) electrons. The second-order valence-electron chi connectivity index (χ2n) is 4.03. The lowest BCUT2D eigenvalue weighted by Crippen LogP contribution is -2.02. The number of aliphatic hydroxyl groups excluding tert-OH is 1. The summed E-state index contributed by atoms with van der Waals surface area (Å²) in [5.74, 6) is 0.849. The summed E-state index contributed by atoms with van der Waals surface area (Å²) in [7, 11) is 0. The van der Waals surface area contributed by atoms with E-state index >= 15 is 0 Å². The molecule has 0 spiro atoms. The molecule has 4 heteroatoms.